The van der Waals surface area contributed by atoms with Crippen LogP contribution in [-0.2, 0) is 0 Å². The Kier molecular flexibility index (Phi) is 7.87. The summed E-state index contributed by atoms with van der Waals surface area (Å²) in [5.74, 6) is 1.41. The van der Waals surface area contributed by atoms with Crippen molar-refractivity contribution >= 4 is 11.4 Å². The van der Waals surface area contributed by atoms with Gasteiger partial charge >= 0.3 is 0 Å². The molecular weight excluding hydrogens is 356 g/mol. The van der Waals surface area contributed by atoms with E-state index >= 15 is 0 Å². The average Bonchev–Trinajstić information content (AvgIpc) is 2.68. The van der Waals surface area contributed by atoms with Crippen LogP contribution >= 0.6 is 0 Å². The molecule has 2 aromatic rings. The molecule has 0 unspecified atom stereocenters. The van der Waals surface area contributed by atoms with Crippen molar-refractivity contribution in [2.75, 3.05) is 13.2 Å². The lowest BCUT2D eigenvalue weighted by Crippen LogP contribution is -2.00. The molecule has 28 heavy (non-hydrogen) atoms. The lowest BCUT2D eigenvalue weighted by molar-refractivity contribution is 0.315. The van der Waals surface area contributed by atoms with E-state index in [0.717, 1.165) is 12.8 Å². The van der Waals surface area contributed by atoms with Crippen LogP contribution < -0.4 is 9.47 Å². The summed E-state index contributed by atoms with van der Waals surface area (Å²) in [6.45, 7) is 8.77. The smallest absolute Gasteiger partial charge is 0.128 e. The maximum Gasteiger partial charge on any atom is 0.128 e. The lowest BCUT2D eigenvalue weighted by Gasteiger charge is -2.09. The lowest BCUT2D eigenvalue weighted by atomic mass is 10.1. The van der Waals surface area contributed by atoms with Gasteiger partial charge in [-0.3, -0.25) is 0 Å². The molecule has 0 spiro atoms. The molecule has 6 heteroatoms. The number of phenolic OH excluding ortho intramolecular Hbond substituents is 2. The summed E-state index contributed by atoms with van der Waals surface area (Å²) in [4.78, 5) is 0. The third kappa shape index (κ3) is 5.74. The summed E-state index contributed by atoms with van der Waals surface area (Å²) in [7, 11) is 0. The number of hydrogen-bond acceptors (Lipinski definition) is 6. The van der Waals surface area contributed by atoms with Crippen LogP contribution in [0.1, 0.15) is 51.7 Å². The van der Waals surface area contributed by atoms with Crippen molar-refractivity contribution in [2.24, 2.45) is 10.2 Å². The molecule has 2 N–H and O–H groups in total. The van der Waals surface area contributed by atoms with Gasteiger partial charge in [0.15, 0.2) is 0 Å². The molecule has 6 nitrogen and oxygen atoms in total. The van der Waals surface area contributed by atoms with Crippen LogP contribution in [0.4, 0.5) is 0 Å². The first kappa shape index (κ1) is 21.3. The second kappa shape index (κ2) is 10.3. The van der Waals surface area contributed by atoms with Crippen molar-refractivity contribution in [1.29, 1.82) is 0 Å². The maximum atomic E-state index is 10.2. The van der Waals surface area contributed by atoms with Crippen LogP contribution in [0.3, 0.4) is 0 Å². The number of hydrogen-bond donors (Lipinski definition) is 2. The van der Waals surface area contributed by atoms with Gasteiger partial charge in [-0.2, -0.15) is 10.2 Å². The van der Waals surface area contributed by atoms with Gasteiger partial charge in [-0.25, -0.2) is 0 Å². The zero-order chi connectivity index (χ0) is 20.5. The quantitative estimate of drug-likeness (QED) is 0.475. The Balaban J connectivity index is 2.17. The SMILES string of the molecule is CCCOc1ccc(/C(C)=N/N=C(\C)c2ccc(OCCC)cc2O)c(O)c1. The molecule has 0 radical (unpaired) electrons. The first-order valence-corrected chi connectivity index (χ1v) is 9.47. The van der Waals surface area contributed by atoms with Crippen molar-refractivity contribution < 1.29 is 19.7 Å². The third-order valence-electron chi connectivity index (χ3n) is 4.01. The maximum absolute atomic E-state index is 10.2. The normalized spacial score (nSPS) is 12.1. The Hall–Kier alpha value is -3.02. The first-order valence-electron chi connectivity index (χ1n) is 9.47. The second-order valence-corrected chi connectivity index (χ2v) is 6.43. The minimum atomic E-state index is 0.0861. The van der Waals surface area contributed by atoms with Crippen molar-refractivity contribution in [2.45, 2.75) is 40.5 Å². The molecule has 0 amide bonds. The van der Waals surface area contributed by atoms with E-state index < -0.39 is 0 Å². The second-order valence-electron chi connectivity index (χ2n) is 6.43. The molecule has 0 bridgehead atoms. The fourth-order valence-electron chi connectivity index (χ4n) is 2.51. The van der Waals surface area contributed by atoms with Crippen LogP contribution in [0.2, 0.25) is 0 Å². The highest BCUT2D eigenvalue weighted by Gasteiger charge is 2.09. The molecule has 2 rings (SSSR count). The monoisotopic (exact) mass is 384 g/mol. The molecule has 0 saturated heterocycles. The Labute approximate surface area is 166 Å². The summed E-state index contributed by atoms with van der Waals surface area (Å²) < 4.78 is 11.0. The highest BCUT2D eigenvalue weighted by atomic mass is 16.5. The number of rotatable bonds is 9. The van der Waals surface area contributed by atoms with Crippen LogP contribution in [0.25, 0.3) is 0 Å². The zero-order valence-corrected chi connectivity index (χ0v) is 16.9. The summed E-state index contributed by atoms with van der Waals surface area (Å²) in [5, 5.41) is 28.8. The van der Waals surface area contributed by atoms with E-state index in [1.807, 2.05) is 13.8 Å². The Morgan fingerprint density at radius 3 is 1.46 bits per heavy atom. The van der Waals surface area contributed by atoms with E-state index in [0.29, 0.717) is 47.3 Å². The van der Waals surface area contributed by atoms with Gasteiger partial charge in [0.05, 0.1) is 24.6 Å². The van der Waals surface area contributed by atoms with Gasteiger partial charge in [-0.1, -0.05) is 13.8 Å². The molecule has 0 fully saturated rings. The van der Waals surface area contributed by atoms with E-state index in [-0.39, 0.29) is 11.5 Å². The number of aromatic hydroxyl groups is 2. The third-order valence-corrected chi connectivity index (χ3v) is 4.01. The van der Waals surface area contributed by atoms with Crippen LogP contribution in [0, 0.1) is 0 Å². The Bertz CT molecular complexity index is 788. The van der Waals surface area contributed by atoms with Gasteiger partial charge < -0.3 is 19.7 Å². The van der Waals surface area contributed by atoms with E-state index in [1.54, 1.807) is 50.2 Å². The molecular formula is C22H28N2O4. The number of benzene rings is 2. The van der Waals surface area contributed by atoms with Gasteiger partial charge in [0.1, 0.15) is 23.0 Å². The summed E-state index contributed by atoms with van der Waals surface area (Å²) in [5.41, 5.74) is 2.27. The van der Waals surface area contributed by atoms with Crippen LogP contribution in [-0.4, -0.2) is 34.9 Å². The van der Waals surface area contributed by atoms with Gasteiger partial charge in [-0.05, 0) is 51.0 Å². The summed E-state index contributed by atoms with van der Waals surface area (Å²) >= 11 is 0. The molecule has 0 aliphatic carbocycles. The summed E-state index contributed by atoms with van der Waals surface area (Å²) in [6.07, 6.45) is 1.80. The Morgan fingerprint density at radius 2 is 1.14 bits per heavy atom. The van der Waals surface area contributed by atoms with Crippen LogP contribution in [0.15, 0.2) is 46.6 Å². The number of nitrogens with zero attached hydrogens (tertiary/aromatic N) is 2. The minimum absolute atomic E-state index is 0.0861. The topological polar surface area (TPSA) is 83.6 Å². The van der Waals surface area contributed by atoms with Crippen molar-refractivity contribution in [1.82, 2.24) is 0 Å². The van der Waals surface area contributed by atoms with Gasteiger partial charge in [0.2, 0.25) is 0 Å². The first-order chi connectivity index (χ1) is 13.5. The molecule has 0 saturated carbocycles. The van der Waals surface area contributed by atoms with E-state index in [9.17, 15) is 10.2 Å². The van der Waals surface area contributed by atoms with Crippen LogP contribution in [0.5, 0.6) is 23.0 Å². The fourth-order valence-corrected chi connectivity index (χ4v) is 2.51. The standard InChI is InChI=1S/C22H28N2O4/c1-5-11-27-17-7-9-19(21(25)13-17)15(3)23-24-16(4)20-10-8-18(14-22(20)26)28-12-6-2/h7-10,13-14,25-26H,5-6,11-12H2,1-4H3/b23-15+,24-16+. The largest absolute Gasteiger partial charge is 0.507 e. The number of phenols is 2. The predicted molar refractivity (Wildman–Crippen MR) is 112 cm³/mol. The highest BCUT2D eigenvalue weighted by Crippen LogP contribution is 2.26. The molecule has 0 heterocycles. The highest BCUT2D eigenvalue weighted by molar-refractivity contribution is 6.04. The molecule has 0 aliphatic rings. The molecule has 2 aromatic carbocycles. The number of ether oxygens (including phenoxy) is 2. The Morgan fingerprint density at radius 1 is 0.750 bits per heavy atom. The zero-order valence-electron chi connectivity index (χ0n) is 16.9. The van der Waals surface area contributed by atoms with E-state index in [2.05, 4.69) is 10.2 Å². The summed E-state index contributed by atoms with van der Waals surface area (Å²) in [6, 6.07) is 10.2. The van der Waals surface area contributed by atoms with E-state index in [4.69, 9.17) is 9.47 Å². The fraction of sp³-hybridized carbons (Fsp3) is 0.364. The molecule has 0 aromatic heterocycles. The van der Waals surface area contributed by atoms with Crippen molar-refractivity contribution in [3.63, 3.8) is 0 Å². The predicted octanol–water partition coefficient (Wildman–Crippen LogP) is 4.91. The van der Waals surface area contributed by atoms with Crippen molar-refractivity contribution in [3.8, 4) is 23.0 Å². The minimum Gasteiger partial charge on any atom is -0.507 e. The molecule has 0 aliphatic heterocycles. The average molecular weight is 384 g/mol. The van der Waals surface area contributed by atoms with Gasteiger partial charge in [0.25, 0.3) is 0 Å². The van der Waals surface area contributed by atoms with Gasteiger partial charge in [-0.15, -0.1) is 0 Å². The van der Waals surface area contributed by atoms with Crippen molar-refractivity contribution in [3.05, 3.63) is 47.5 Å². The molecule has 0 atom stereocenters. The van der Waals surface area contributed by atoms with Gasteiger partial charge in [0, 0.05) is 23.3 Å². The van der Waals surface area contributed by atoms with E-state index in [1.165, 1.54) is 0 Å². The molecule has 150 valence electrons.